The molecule has 1 unspecified atom stereocenters. The lowest BCUT2D eigenvalue weighted by atomic mass is 9.95. The molecule has 1 aliphatic carbocycles. The first-order valence-electron chi connectivity index (χ1n) is 13.2. The van der Waals surface area contributed by atoms with E-state index in [4.69, 9.17) is 0 Å². The Balaban J connectivity index is 1.21. The van der Waals surface area contributed by atoms with E-state index in [9.17, 15) is 4.79 Å². The van der Waals surface area contributed by atoms with Crippen molar-refractivity contribution in [2.24, 2.45) is 0 Å². The molecule has 1 atom stereocenters. The Hall–Kier alpha value is -3.16. The molecule has 2 aromatic carbocycles. The molecule has 3 heterocycles. The summed E-state index contributed by atoms with van der Waals surface area (Å²) in [5.41, 5.74) is 5.96. The fourth-order valence-electron chi connectivity index (χ4n) is 5.69. The Bertz CT molecular complexity index is 1300. The number of aromatic nitrogens is 2. The second kappa shape index (κ2) is 10.4. The first-order valence-corrected chi connectivity index (χ1v) is 14.1. The van der Waals surface area contributed by atoms with Crippen LogP contribution in [-0.2, 0) is 4.79 Å². The van der Waals surface area contributed by atoms with Crippen molar-refractivity contribution in [3.8, 4) is 11.3 Å². The molecule has 1 saturated heterocycles. The smallest absolute Gasteiger partial charge is 0.246 e. The molecule has 1 saturated carbocycles. The number of hydrogen-bond donors (Lipinski definition) is 3. The molecule has 2 aliphatic rings. The third-order valence-electron chi connectivity index (χ3n) is 7.58. The van der Waals surface area contributed by atoms with Gasteiger partial charge in [0.15, 0.2) is 0 Å². The van der Waals surface area contributed by atoms with Gasteiger partial charge in [-0.15, -0.1) is 0 Å². The number of amides is 1. The van der Waals surface area contributed by atoms with Crippen molar-refractivity contribution in [3.63, 3.8) is 0 Å². The van der Waals surface area contributed by atoms with Gasteiger partial charge in [0, 0.05) is 28.4 Å². The third-order valence-corrected chi connectivity index (χ3v) is 8.28. The molecule has 2 aromatic heterocycles. The number of rotatable bonds is 7. The van der Waals surface area contributed by atoms with Gasteiger partial charge >= 0.3 is 0 Å². The fraction of sp³-hybridized carbons (Fsp3) is 0.379. The first-order chi connectivity index (χ1) is 17.7. The summed E-state index contributed by atoms with van der Waals surface area (Å²) in [6.45, 7) is 1.93. The molecule has 6 rings (SSSR count). The maximum absolute atomic E-state index is 13.4. The van der Waals surface area contributed by atoms with E-state index in [0.717, 1.165) is 59.3 Å². The second-order valence-corrected chi connectivity index (χ2v) is 10.9. The van der Waals surface area contributed by atoms with Gasteiger partial charge in [0.2, 0.25) is 5.91 Å². The number of aromatic amines is 1. The van der Waals surface area contributed by atoms with Gasteiger partial charge in [-0.25, -0.2) is 0 Å². The molecular weight excluding hydrogens is 466 g/mol. The number of carbonyl (C=O) groups excluding carboxylic acids is 1. The van der Waals surface area contributed by atoms with E-state index in [-0.39, 0.29) is 11.9 Å². The zero-order valence-corrected chi connectivity index (χ0v) is 21.3. The van der Waals surface area contributed by atoms with Crippen LogP contribution >= 0.6 is 11.3 Å². The van der Waals surface area contributed by atoms with Gasteiger partial charge in [0.25, 0.3) is 0 Å². The molecule has 7 heteroatoms. The van der Waals surface area contributed by atoms with Crippen LogP contribution in [0.5, 0.6) is 0 Å². The highest BCUT2D eigenvalue weighted by Crippen LogP contribution is 2.32. The molecule has 186 valence electrons. The van der Waals surface area contributed by atoms with E-state index >= 15 is 0 Å². The summed E-state index contributed by atoms with van der Waals surface area (Å²) in [6, 6.07) is 17.0. The Morgan fingerprint density at radius 2 is 1.75 bits per heavy atom. The van der Waals surface area contributed by atoms with Gasteiger partial charge in [-0.1, -0.05) is 31.4 Å². The van der Waals surface area contributed by atoms with Crippen molar-refractivity contribution >= 4 is 39.5 Å². The number of H-pyrrole nitrogens is 1. The van der Waals surface area contributed by atoms with Crippen molar-refractivity contribution in [2.75, 3.05) is 23.7 Å². The normalized spacial score (nSPS) is 17.9. The predicted molar refractivity (Wildman–Crippen MR) is 149 cm³/mol. The number of hydrogen-bond acceptors (Lipinski definition) is 5. The van der Waals surface area contributed by atoms with E-state index in [2.05, 4.69) is 61.4 Å². The number of benzene rings is 2. The fourth-order valence-corrected chi connectivity index (χ4v) is 6.37. The van der Waals surface area contributed by atoms with Crippen LogP contribution in [0, 0.1) is 0 Å². The van der Waals surface area contributed by atoms with Crippen LogP contribution < -0.4 is 10.6 Å². The number of carbonyl (C=O) groups is 1. The first kappa shape index (κ1) is 23.3. The number of nitrogens with one attached hydrogen (secondary N) is 3. The summed E-state index contributed by atoms with van der Waals surface area (Å²) in [6.07, 6.45) is 8.80. The molecule has 0 spiro atoms. The zero-order valence-electron chi connectivity index (χ0n) is 20.5. The molecule has 4 aromatic rings. The quantitative estimate of drug-likeness (QED) is 0.261. The van der Waals surface area contributed by atoms with Crippen LogP contribution in [0.15, 0.2) is 59.3 Å². The lowest BCUT2D eigenvalue weighted by Gasteiger charge is -2.26. The van der Waals surface area contributed by atoms with Gasteiger partial charge in [0.05, 0.1) is 11.2 Å². The zero-order chi connectivity index (χ0) is 24.3. The minimum absolute atomic E-state index is 0.0258. The molecule has 0 radical (unpaired) electrons. The number of nitrogens with zero attached hydrogens (tertiary/aromatic N) is 2. The highest BCUT2D eigenvalue weighted by atomic mass is 32.1. The lowest BCUT2D eigenvalue weighted by molar-refractivity contribution is -0.121. The van der Waals surface area contributed by atoms with E-state index < -0.39 is 0 Å². The molecular formula is C29H33N5OS. The average Bonchev–Trinajstić information content (AvgIpc) is 3.69. The van der Waals surface area contributed by atoms with Crippen molar-refractivity contribution in [1.82, 2.24) is 15.1 Å². The van der Waals surface area contributed by atoms with Crippen LogP contribution in [0.2, 0.25) is 0 Å². The van der Waals surface area contributed by atoms with Crippen LogP contribution in [0.3, 0.4) is 0 Å². The van der Waals surface area contributed by atoms with Gasteiger partial charge in [-0.2, -0.15) is 16.4 Å². The van der Waals surface area contributed by atoms with Gasteiger partial charge in [0.1, 0.15) is 6.04 Å². The summed E-state index contributed by atoms with van der Waals surface area (Å²) < 4.78 is 0. The van der Waals surface area contributed by atoms with E-state index in [0.29, 0.717) is 6.04 Å². The second-order valence-electron chi connectivity index (χ2n) is 10.1. The molecule has 2 fully saturated rings. The SMILES string of the molecule is O=C(Nc1ccc2[nH]nc(-c3ccc(NC4CCCCC4)cc3)c2c1)C(c1ccsc1)N1CCCC1. The maximum Gasteiger partial charge on any atom is 0.246 e. The highest BCUT2D eigenvalue weighted by molar-refractivity contribution is 7.08. The number of fused-ring (bicyclic) bond motifs is 1. The van der Waals surface area contributed by atoms with E-state index in [1.165, 1.54) is 37.8 Å². The minimum Gasteiger partial charge on any atom is -0.382 e. The average molecular weight is 500 g/mol. The van der Waals surface area contributed by atoms with Crippen LogP contribution in [0.1, 0.15) is 56.6 Å². The molecule has 1 amide bonds. The third kappa shape index (κ3) is 4.90. The summed E-state index contributed by atoms with van der Waals surface area (Å²) >= 11 is 1.64. The molecule has 0 bridgehead atoms. The van der Waals surface area contributed by atoms with Gasteiger partial charge in [-0.3, -0.25) is 14.8 Å². The molecule has 1 aliphatic heterocycles. The number of anilines is 2. The highest BCUT2D eigenvalue weighted by Gasteiger charge is 2.30. The Kier molecular flexibility index (Phi) is 6.75. The molecule has 36 heavy (non-hydrogen) atoms. The predicted octanol–water partition coefficient (Wildman–Crippen LogP) is 6.81. The van der Waals surface area contributed by atoms with Crippen molar-refractivity contribution < 1.29 is 4.79 Å². The largest absolute Gasteiger partial charge is 0.382 e. The standard InChI is InChI=1S/C29H33N5OS/c35-29(28(21-14-17-36-19-21)34-15-4-5-16-34)31-24-12-13-26-25(18-24)27(33-32-26)20-8-10-23(11-9-20)30-22-6-2-1-3-7-22/h8-14,17-19,22,28,30H,1-7,15-16H2,(H,31,35)(H,32,33). The van der Waals surface area contributed by atoms with Gasteiger partial charge < -0.3 is 10.6 Å². The van der Waals surface area contributed by atoms with E-state index in [1.807, 2.05) is 23.6 Å². The monoisotopic (exact) mass is 499 g/mol. The molecule has 6 nitrogen and oxygen atoms in total. The Morgan fingerprint density at radius 3 is 2.50 bits per heavy atom. The maximum atomic E-state index is 13.4. The van der Waals surface area contributed by atoms with Crippen molar-refractivity contribution in [3.05, 3.63) is 64.9 Å². The van der Waals surface area contributed by atoms with E-state index in [1.54, 1.807) is 11.3 Å². The van der Waals surface area contributed by atoms with Crippen LogP contribution in [0.4, 0.5) is 11.4 Å². The topological polar surface area (TPSA) is 73.0 Å². The van der Waals surface area contributed by atoms with Crippen LogP contribution in [0.25, 0.3) is 22.2 Å². The van der Waals surface area contributed by atoms with Crippen LogP contribution in [-0.4, -0.2) is 40.1 Å². The number of thiophene rings is 1. The van der Waals surface area contributed by atoms with Gasteiger partial charge in [-0.05, 0) is 91.5 Å². The minimum atomic E-state index is -0.248. The Morgan fingerprint density at radius 1 is 0.972 bits per heavy atom. The summed E-state index contributed by atoms with van der Waals surface area (Å²) in [5.74, 6) is 0.0258. The Labute approximate surface area is 216 Å². The van der Waals surface area contributed by atoms with Crippen molar-refractivity contribution in [2.45, 2.75) is 57.0 Å². The van der Waals surface area contributed by atoms with Crippen molar-refractivity contribution in [1.29, 1.82) is 0 Å². The molecule has 3 N–H and O–H groups in total. The lowest BCUT2D eigenvalue weighted by Crippen LogP contribution is -2.35. The summed E-state index contributed by atoms with van der Waals surface area (Å²) in [4.78, 5) is 15.7. The number of likely N-dealkylation sites (tertiary alicyclic amines) is 1. The summed E-state index contributed by atoms with van der Waals surface area (Å²) in [5, 5.41) is 19.8. The summed E-state index contributed by atoms with van der Waals surface area (Å²) in [7, 11) is 0.